The second kappa shape index (κ2) is 5.96. The smallest absolute Gasteiger partial charge is 0.261 e. The molecular weight excluding hydrogens is 292 g/mol. The average Bonchev–Trinajstić information content (AvgIpc) is 2.42. The van der Waals surface area contributed by atoms with E-state index < -0.39 is 10.0 Å². The molecule has 2 aromatic carbocycles. The first-order valence-corrected chi connectivity index (χ1v) is 7.68. The van der Waals surface area contributed by atoms with E-state index in [1.807, 2.05) is 13.0 Å². The van der Waals surface area contributed by atoms with Crippen molar-refractivity contribution < 1.29 is 8.42 Å². The van der Waals surface area contributed by atoms with E-state index in [2.05, 4.69) is 27.1 Å². The van der Waals surface area contributed by atoms with Gasteiger partial charge in [-0.1, -0.05) is 24.3 Å². The zero-order valence-electron chi connectivity index (χ0n) is 10.7. The number of aryl methyl sites for hydroxylation is 1. The fourth-order valence-corrected chi connectivity index (χ4v) is 2.82. The zero-order valence-corrected chi connectivity index (χ0v) is 12.3. The highest BCUT2D eigenvalue weighted by atomic mass is 32.2. The maximum absolute atomic E-state index is 12.3. The third-order valence-corrected chi connectivity index (χ3v) is 4.15. The van der Waals surface area contributed by atoms with Gasteiger partial charge in [0.25, 0.3) is 10.0 Å². The van der Waals surface area contributed by atoms with Crippen molar-refractivity contribution in [1.82, 2.24) is 0 Å². The molecule has 0 heterocycles. The fraction of sp³-hybridized carbons (Fsp3) is 0.0714. The quantitative estimate of drug-likeness (QED) is 0.694. The largest absolute Gasteiger partial charge is 0.280 e. The first kappa shape index (κ1) is 14.4. The van der Waals surface area contributed by atoms with Crippen LogP contribution in [0.3, 0.4) is 0 Å². The lowest BCUT2D eigenvalue weighted by Crippen LogP contribution is -2.12. The molecule has 2 aromatic rings. The number of benzene rings is 2. The van der Waals surface area contributed by atoms with Crippen LogP contribution in [0.2, 0.25) is 0 Å². The van der Waals surface area contributed by atoms with Crippen molar-refractivity contribution in [1.29, 1.82) is 0 Å². The van der Waals surface area contributed by atoms with Gasteiger partial charge in [-0.25, -0.2) is 8.42 Å². The first-order chi connectivity index (χ1) is 9.53. The molecular formula is C14H12N2O2S2. The molecule has 4 nitrogen and oxygen atoms in total. The Kier molecular flexibility index (Phi) is 4.29. The number of nitrogens with zero attached hydrogens (tertiary/aromatic N) is 1. The molecule has 20 heavy (non-hydrogen) atoms. The molecule has 0 amide bonds. The van der Waals surface area contributed by atoms with E-state index in [4.69, 9.17) is 0 Å². The number of para-hydroxylation sites is 1. The molecule has 0 atom stereocenters. The minimum atomic E-state index is -3.64. The number of rotatable bonds is 4. The van der Waals surface area contributed by atoms with Gasteiger partial charge in [-0.05, 0) is 49.0 Å². The summed E-state index contributed by atoms with van der Waals surface area (Å²) in [7, 11) is -3.64. The summed E-state index contributed by atoms with van der Waals surface area (Å²) < 4.78 is 27.0. The van der Waals surface area contributed by atoms with Crippen molar-refractivity contribution in [3.8, 4) is 0 Å². The van der Waals surface area contributed by atoms with Crippen molar-refractivity contribution in [2.24, 2.45) is 4.99 Å². The van der Waals surface area contributed by atoms with Gasteiger partial charge in [-0.2, -0.15) is 4.99 Å². The third kappa shape index (κ3) is 3.30. The number of sulfonamides is 1. The number of anilines is 1. The number of thiocarbonyl (C=S) groups is 1. The molecule has 0 radical (unpaired) electrons. The van der Waals surface area contributed by atoms with Crippen molar-refractivity contribution in [3.63, 3.8) is 0 Å². The van der Waals surface area contributed by atoms with Gasteiger partial charge in [0.2, 0.25) is 0 Å². The SMILES string of the molecule is Cc1ccc(S(=O)(=O)Nc2ccccc2)cc1N=C=S. The number of hydrogen-bond donors (Lipinski definition) is 1. The summed E-state index contributed by atoms with van der Waals surface area (Å²) in [6, 6.07) is 13.4. The Balaban J connectivity index is 2.39. The summed E-state index contributed by atoms with van der Waals surface area (Å²) in [6.07, 6.45) is 0. The molecule has 0 aliphatic carbocycles. The highest BCUT2D eigenvalue weighted by Gasteiger charge is 2.15. The van der Waals surface area contributed by atoms with E-state index >= 15 is 0 Å². The maximum Gasteiger partial charge on any atom is 0.261 e. The molecule has 0 aliphatic rings. The normalized spacial score (nSPS) is 10.7. The number of hydrogen-bond acceptors (Lipinski definition) is 4. The van der Waals surface area contributed by atoms with Crippen molar-refractivity contribution in [2.75, 3.05) is 4.72 Å². The van der Waals surface area contributed by atoms with Crippen LogP contribution in [0.4, 0.5) is 11.4 Å². The molecule has 6 heteroatoms. The molecule has 102 valence electrons. The number of nitrogens with one attached hydrogen (secondary N) is 1. The highest BCUT2D eigenvalue weighted by Crippen LogP contribution is 2.24. The Labute approximate surface area is 123 Å². The lowest BCUT2D eigenvalue weighted by molar-refractivity contribution is 0.601. The van der Waals surface area contributed by atoms with E-state index in [1.165, 1.54) is 12.1 Å². The van der Waals surface area contributed by atoms with Crippen molar-refractivity contribution >= 4 is 38.8 Å². The van der Waals surface area contributed by atoms with Crippen LogP contribution in [0.5, 0.6) is 0 Å². The van der Waals surface area contributed by atoms with Gasteiger partial charge in [-0.3, -0.25) is 4.72 Å². The predicted molar refractivity (Wildman–Crippen MR) is 83.1 cm³/mol. The third-order valence-electron chi connectivity index (χ3n) is 2.68. The number of isothiocyanates is 1. The molecule has 0 saturated heterocycles. The van der Waals surface area contributed by atoms with Gasteiger partial charge in [-0.15, -0.1) is 0 Å². The summed E-state index contributed by atoms with van der Waals surface area (Å²) in [4.78, 5) is 4.00. The van der Waals surface area contributed by atoms with Crippen molar-refractivity contribution in [2.45, 2.75) is 11.8 Å². The summed E-state index contributed by atoms with van der Waals surface area (Å²) in [5.41, 5.74) is 1.84. The highest BCUT2D eigenvalue weighted by molar-refractivity contribution is 7.92. The summed E-state index contributed by atoms with van der Waals surface area (Å²) >= 11 is 4.55. The van der Waals surface area contributed by atoms with Crippen LogP contribution in [0.1, 0.15) is 5.56 Å². The van der Waals surface area contributed by atoms with Gasteiger partial charge < -0.3 is 0 Å². The summed E-state index contributed by atoms with van der Waals surface area (Å²) in [6.45, 7) is 1.83. The summed E-state index contributed by atoms with van der Waals surface area (Å²) in [5, 5.41) is 2.25. The number of aliphatic imine (C=N–C) groups is 1. The Morgan fingerprint density at radius 2 is 1.85 bits per heavy atom. The molecule has 0 spiro atoms. The average molecular weight is 304 g/mol. The van der Waals surface area contributed by atoms with Crippen molar-refractivity contribution in [3.05, 3.63) is 54.1 Å². The Morgan fingerprint density at radius 3 is 2.50 bits per heavy atom. The monoisotopic (exact) mass is 304 g/mol. The van der Waals surface area contributed by atoms with Gasteiger partial charge in [0, 0.05) is 5.69 Å². The van der Waals surface area contributed by atoms with Crippen LogP contribution >= 0.6 is 12.2 Å². The van der Waals surface area contributed by atoms with Crippen LogP contribution in [-0.4, -0.2) is 13.6 Å². The molecule has 0 bridgehead atoms. The molecule has 0 aliphatic heterocycles. The minimum absolute atomic E-state index is 0.135. The van der Waals surface area contributed by atoms with E-state index in [-0.39, 0.29) is 4.90 Å². The van der Waals surface area contributed by atoms with Gasteiger partial charge >= 0.3 is 0 Å². The standard InChI is InChI=1S/C14H12N2O2S2/c1-11-7-8-13(9-14(11)15-10-19)20(17,18)16-12-5-3-2-4-6-12/h2-9,16H,1H3. The zero-order chi connectivity index (χ0) is 14.6. The van der Waals surface area contributed by atoms with E-state index in [0.29, 0.717) is 11.4 Å². The Bertz CT molecular complexity index is 765. The van der Waals surface area contributed by atoms with Crippen LogP contribution in [0.25, 0.3) is 0 Å². The topological polar surface area (TPSA) is 58.5 Å². The molecule has 0 fully saturated rings. The van der Waals surface area contributed by atoms with Crippen LogP contribution in [-0.2, 0) is 10.0 Å². The second-order valence-corrected chi connectivity index (χ2v) is 5.99. The Hall–Kier alpha value is -2.01. The second-order valence-electron chi connectivity index (χ2n) is 4.12. The van der Waals surface area contributed by atoms with Gasteiger partial charge in [0.1, 0.15) is 0 Å². The molecule has 0 unspecified atom stereocenters. The molecule has 2 rings (SSSR count). The minimum Gasteiger partial charge on any atom is -0.280 e. The van der Waals surface area contributed by atoms with Crippen LogP contribution in [0, 0.1) is 6.92 Å². The van der Waals surface area contributed by atoms with E-state index in [0.717, 1.165) is 5.56 Å². The van der Waals surface area contributed by atoms with E-state index in [1.54, 1.807) is 30.3 Å². The summed E-state index contributed by atoms with van der Waals surface area (Å²) in [5.74, 6) is 0. The maximum atomic E-state index is 12.3. The first-order valence-electron chi connectivity index (χ1n) is 5.79. The van der Waals surface area contributed by atoms with Crippen LogP contribution in [0.15, 0.2) is 58.4 Å². The van der Waals surface area contributed by atoms with Gasteiger partial charge in [0.15, 0.2) is 0 Å². The van der Waals surface area contributed by atoms with Gasteiger partial charge in [0.05, 0.1) is 15.7 Å². The predicted octanol–water partition coefficient (Wildman–Crippen LogP) is 3.53. The lowest BCUT2D eigenvalue weighted by Gasteiger charge is -2.09. The van der Waals surface area contributed by atoms with Crippen LogP contribution < -0.4 is 4.72 Å². The molecule has 1 N–H and O–H groups in total. The molecule has 0 saturated carbocycles. The Morgan fingerprint density at radius 1 is 1.15 bits per heavy atom. The fourth-order valence-electron chi connectivity index (χ4n) is 1.65. The lowest BCUT2D eigenvalue weighted by atomic mass is 10.2. The van der Waals surface area contributed by atoms with E-state index in [9.17, 15) is 8.42 Å². The molecule has 0 aromatic heterocycles.